The summed E-state index contributed by atoms with van der Waals surface area (Å²) in [7, 11) is 0. The van der Waals surface area contributed by atoms with E-state index in [9.17, 15) is 156 Å². The highest BCUT2D eigenvalue weighted by Crippen LogP contribution is 2.43. The number of amides is 4. The SMILES string of the molecule is CC(=O)N[C@H]1[C@H](O[C@@H]2[C@H](O[C@]3(C(=O)O)C[C@H](O)[C@@H](NC(C)=O)[C@H]([C@H](O)[C@@H](CO)O[C@]4(C(=O)O)C[C@H](O)[C@@H](NC(=O)CO)[C@H]([C@H](O)[C@@H](CO)O[C@]5(C(=O)O)C[C@H](O)[C@@H](NC(=O)CO)[C@H]([C@H](O)[C@H](O)CO)O5)O4)O3)[C@@H](O)[C@H](O[C@H]3[C@H](O)[C@@H](O)[C@H](O)O[C@@H]3CO)O[C@@H]2CO)O[C@H](CO)[C@H](O)[C@@H]1O. The average molecular weight is 1450 g/mol. The maximum atomic E-state index is 14.0. The van der Waals surface area contributed by atoms with Crippen LogP contribution in [0.25, 0.3) is 0 Å². The van der Waals surface area contributed by atoms with Crippen molar-refractivity contribution in [2.24, 2.45) is 0 Å². The highest BCUT2D eigenvalue weighted by atomic mass is 16.8. The predicted octanol–water partition coefficient (Wildman–Crippen LogP) is -18.0. The van der Waals surface area contributed by atoms with Crippen LogP contribution in [-0.2, 0) is 85.7 Å². The number of hydrogen-bond donors (Lipinski definition) is 28. The molecule has 0 aromatic carbocycles. The normalized spacial score (nSPS) is 41.5. The fourth-order valence-electron chi connectivity index (χ4n) is 12.2. The third-order valence-corrected chi connectivity index (χ3v) is 17.2. The fraction of sp³-hybridized carbons (Fsp3) is 0.868. The van der Waals surface area contributed by atoms with Gasteiger partial charge in [-0.1, -0.05) is 0 Å². The number of ether oxygens (including phenoxy) is 11. The minimum atomic E-state index is -3.72. The Labute approximate surface area is 556 Å². The lowest BCUT2D eigenvalue weighted by Gasteiger charge is -2.52. The van der Waals surface area contributed by atoms with E-state index in [1.54, 1.807) is 0 Å². The molecule has 46 heteroatoms. The van der Waals surface area contributed by atoms with Crippen molar-refractivity contribution in [1.29, 1.82) is 0 Å². The number of rotatable bonds is 31. The second-order valence-electron chi connectivity index (χ2n) is 24.0. The van der Waals surface area contributed by atoms with Crippen LogP contribution < -0.4 is 21.3 Å². The van der Waals surface area contributed by atoms with Gasteiger partial charge in [0, 0.05) is 33.1 Å². The first kappa shape index (κ1) is 83.0. The number of carboxylic acids is 3. The van der Waals surface area contributed by atoms with Gasteiger partial charge in [-0.05, 0) is 0 Å². The molecule has 6 saturated heterocycles. The summed E-state index contributed by atoms with van der Waals surface area (Å²) in [5.74, 6) is -22.8. The predicted molar refractivity (Wildman–Crippen MR) is 300 cm³/mol. The standard InChI is InChI=1S/C53H86N4O42/c1-14(66)54-27-16(68)5-53(50(87)88,99-44-38(81)47(92-39-23(10-62)89-45(82)37(80)36(39)79)91-24(11-63)40(44)93-46-30(55-15(2)67)35(78)32(75)20(7-59)90-46)98-42(27)33(76)21(8-60)95-52(49(85)86)4-18(70)29(57-26(73)13-65)43(97-52)34(77)22(9-61)94-51(48(83)84)3-17(69)28(56-25(72)12-64)41(96-51)31(74)19(71)6-58/h16-24,27-47,58-65,68-71,74-82H,3-13H2,1-2H3,(H,54,66)(H,55,67)(H,56,72)(H,57,73)(H,83,84)(H,85,86)(H,87,88)/t16-,17-,18-,19+,20+,21+,22+,23+,24+,27+,28+,29+,30+,31+,32-,33+,34+,35+,36+,37+,38+,39+,40-,41+,42+,43+,44+,45+,46-,47-,51+,52+,53-/m0/s1. The molecule has 46 nitrogen and oxygen atoms in total. The number of nitrogens with one attached hydrogen (secondary N) is 4. The second-order valence-corrected chi connectivity index (χ2v) is 24.0. The van der Waals surface area contributed by atoms with E-state index in [-0.39, 0.29) is 0 Å². The minimum Gasteiger partial charge on any atom is -0.477 e. The Bertz CT molecular complexity index is 2710. The molecule has 6 fully saturated rings. The van der Waals surface area contributed by atoms with E-state index in [2.05, 4.69) is 10.6 Å². The van der Waals surface area contributed by atoms with Crippen molar-refractivity contribution in [3.63, 3.8) is 0 Å². The van der Waals surface area contributed by atoms with E-state index in [0.717, 1.165) is 13.8 Å². The summed E-state index contributed by atoms with van der Waals surface area (Å²) < 4.78 is 62.9. The Kier molecular flexibility index (Phi) is 29.3. The van der Waals surface area contributed by atoms with Crippen LogP contribution in [0.4, 0.5) is 0 Å². The Hall–Kier alpha value is -4.99. The van der Waals surface area contributed by atoms with Gasteiger partial charge in [0.05, 0.1) is 76.1 Å². The van der Waals surface area contributed by atoms with E-state index in [1.165, 1.54) is 0 Å². The van der Waals surface area contributed by atoms with Gasteiger partial charge in [-0.15, -0.1) is 0 Å². The first-order chi connectivity index (χ1) is 46.4. The fourth-order valence-corrected chi connectivity index (χ4v) is 12.2. The summed E-state index contributed by atoms with van der Waals surface area (Å²) >= 11 is 0. The monoisotopic (exact) mass is 1450 g/mol. The summed E-state index contributed by atoms with van der Waals surface area (Å²) in [4.78, 5) is 91.3. The van der Waals surface area contributed by atoms with Crippen molar-refractivity contribution >= 4 is 41.5 Å². The molecule has 0 aromatic heterocycles. The molecular formula is C53H86N4O42. The van der Waals surface area contributed by atoms with Crippen molar-refractivity contribution in [2.75, 3.05) is 52.9 Å². The quantitative estimate of drug-likeness (QED) is 0.0306. The summed E-state index contributed by atoms with van der Waals surface area (Å²) in [5, 5.41) is 270. The molecule has 0 aromatic rings. The zero-order chi connectivity index (χ0) is 74.2. The van der Waals surface area contributed by atoms with Crippen LogP contribution in [0.1, 0.15) is 33.1 Å². The smallest absolute Gasteiger partial charge is 0.364 e. The summed E-state index contributed by atoms with van der Waals surface area (Å²) in [6.45, 7) is -9.23. The molecule has 0 aliphatic carbocycles. The summed E-state index contributed by atoms with van der Waals surface area (Å²) in [5.41, 5.74) is 0. The molecule has 6 heterocycles. The van der Waals surface area contributed by atoms with Crippen molar-refractivity contribution in [1.82, 2.24) is 21.3 Å². The van der Waals surface area contributed by atoms with Gasteiger partial charge in [0.1, 0.15) is 141 Å². The van der Waals surface area contributed by atoms with Crippen LogP contribution in [0.15, 0.2) is 0 Å². The molecule has 0 saturated carbocycles. The first-order valence-corrected chi connectivity index (χ1v) is 30.3. The number of aliphatic carboxylic acids is 3. The molecule has 0 bridgehead atoms. The molecule has 6 aliphatic heterocycles. The van der Waals surface area contributed by atoms with E-state index in [0.29, 0.717) is 0 Å². The third-order valence-electron chi connectivity index (χ3n) is 17.2. The van der Waals surface area contributed by atoms with Crippen molar-refractivity contribution in [2.45, 2.75) is 234 Å². The Balaban J connectivity index is 1.43. The number of carbonyl (C=O) groups is 7. The summed E-state index contributed by atoms with van der Waals surface area (Å²) in [6.07, 6.45) is -66.1. The molecule has 6 aliphatic rings. The number of carbonyl (C=O) groups excluding carboxylic acids is 4. The lowest BCUT2D eigenvalue weighted by atomic mass is 9.86. The number of aliphatic hydroxyl groups is 21. The molecule has 0 radical (unpaired) electrons. The van der Waals surface area contributed by atoms with Gasteiger partial charge in [0.2, 0.25) is 23.6 Å². The molecular weight excluding hydrogens is 1360 g/mol. The lowest BCUT2D eigenvalue weighted by molar-refractivity contribution is -0.401. The van der Waals surface area contributed by atoms with Crippen LogP contribution in [-0.4, -0.2) is 418 Å². The van der Waals surface area contributed by atoms with Crippen LogP contribution in [0, 0.1) is 0 Å². The molecule has 6 rings (SSSR count). The van der Waals surface area contributed by atoms with Crippen LogP contribution in [0.3, 0.4) is 0 Å². The number of hydrogen-bond acceptors (Lipinski definition) is 39. The van der Waals surface area contributed by atoms with Crippen LogP contribution in [0.5, 0.6) is 0 Å². The van der Waals surface area contributed by atoms with Gasteiger partial charge in [0.25, 0.3) is 17.4 Å². The molecule has 4 amide bonds. The molecule has 33 atom stereocenters. The molecule has 0 unspecified atom stereocenters. The van der Waals surface area contributed by atoms with Gasteiger partial charge in [-0.25, -0.2) is 14.4 Å². The highest BCUT2D eigenvalue weighted by Gasteiger charge is 2.65. The van der Waals surface area contributed by atoms with Gasteiger partial charge in [-0.2, -0.15) is 0 Å². The van der Waals surface area contributed by atoms with Gasteiger partial charge in [0.15, 0.2) is 18.9 Å². The van der Waals surface area contributed by atoms with Crippen LogP contribution in [0.2, 0.25) is 0 Å². The van der Waals surface area contributed by atoms with Gasteiger partial charge in [-0.3, -0.25) is 19.2 Å². The zero-order valence-electron chi connectivity index (χ0n) is 52.2. The Morgan fingerprint density at radius 3 is 1.24 bits per heavy atom. The van der Waals surface area contributed by atoms with Crippen molar-refractivity contribution < 1.29 is 208 Å². The van der Waals surface area contributed by atoms with Crippen LogP contribution >= 0.6 is 0 Å². The summed E-state index contributed by atoms with van der Waals surface area (Å²) in [6, 6.07) is -8.31. The lowest BCUT2D eigenvalue weighted by Crippen LogP contribution is -2.72. The first-order valence-electron chi connectivity index (χ1n) is 30.3. The topological polar surface area (TPSA) is 755 Å². The molecule has 570 valence electrons. The Morgan fingerprint density at radius 2 is 0.828 bits per heavy atom. The third kappa shape index (κ3) is 18.2. The highest BCUT2D eigenvalue weighted by molar-refractivity contribution is 5.80. The maximum absolute atomic E-state index is 14.0. The minimum absolute atomic E-state index is 0.798. The van der Waals surface area contributed by atoms with Gasteiger partial charge < -0.3 is 196 Å². The molecule has 0 spiro atoms. The molecule has 28 N–H and O–H groups in total. The van der Waals surface area contributed by atoms with E-state index in [4.69, 9.17) is 52.1 Å². The van der Waals surface area contributed by atoms with E-state index >= 15 is 0 Å². The largest absolute Gasteiger partial charge is 0.477 e. The van der Waals surface area contributed by atoms with Crippen molar-refractivity contribution in [3.05, 3.63) is 0 Å². The van der Waals surface area contributed by atoms with E-state index < -0.39 is 314 Å². The van der Waals surface area contributed by atoms with Crippen molar-refractivity contribution in [3.8, 4) is 0 Å². The number of aliphatic hydroxyl groups excluding tert-OH is 21. The maximum Gasteiger partial charge on any atom is 0.364 e. The second kappa shape index (κ2) is 35.0. The van der Waals surface area contributed by atoms with Gasteiger partial charge >= 0.3 is 17.9 Å². The zero-order valence-corrected chi connectivity index (χ0v) is 52.2. The average Bonchev–Trinajstić information content (AvgIpc) is 0.756. The molecule has 99 heavy (non-hydrogen) atoms. The number of carboxylic acid groups (broad SMARTS) is 3. The van der Waals surface area contributed by atoms with E-state index in [1.807, 2.05) is 10.6 Å². The Morgan fingerprint density at radius 1 is 0.434 bits per heavy atom.